The maximum absolute atomic E-state index is 6.86. The summed E-state index contributed by atoms with van der Waals surface area (Å²) in [6.45, 7) is 0.451. The van der Waals surface area contributed by atoms with Crippen LogP contribution in [0.25, 0.3) is 0 Å². The van der Waals surface area contributed by atoms with Crippen molar-refractivity contribution >= 4 is 5.69 Å². The van der Waals surface area contributed by atoms with Crippen molar-refractivity contribution in [3.8, 4) is 5.75 Å². The zero-order valence-corrected chi connectivity index (χ0v) is 6.87. The Bertz CT molecular complexity index is 286. The van der Waals surface area contributed by atoms with E-state index in [0.717, 1.165) is 5.56 Å². The summed E-state index contributed by atoms with van der Waals surface area (Å²) in [6, 6.07) is 5.36. The summed E-state index contributed by atoms with van der Waals surface area (Å²) in [6.07, 6.45) is 0. The highest BCUT2D eigenvalue weighted by Crippen LogP contribution is 2.27. The lowest BCUT2D eigenvalue weighted by atomic mass is 10.2. The molecule has 4 heteroatoms. The summed E-state index contributed by atoms with van der Waals surface area (Å²) in [5.74, 6) is 0.599. The van der Waals surface area contributed by atoms with Gasteiger partial charge in [-0.2, -0.15) is 5.11 Å². The fourth-order valence-corrected chi connectivity index (χ4v) is 0.950. The Labute approximate surface area is 70.9 Å². The summed E-state index contributed by atoms with van der Waals surface area (Å²) in [7, 11) is 1.55. The third-order valence-electron chi connectivity index (χ3n) is 1.60. The van der Waals surface area contributed by atoms with Crippen molar-refractivity contribution in [3.63, 3.8) is 0 Å². The normalized spacial score (nSPS) is 9.50. The standard InChI is InChI=1S/C8H11N3O/c1-12-8-3-2-6(5-9)4-7(8)11-10/h2-4,10H,5,9H2,1H3. The number of rotatable bonds is 3. The molecule has 0 atom stereocenters. The Hall–Kier alpha value is -1.42. The summed E-state index contributed by atoms with van der Waals surface area (Å²) < 4.78 is 4.98. The highest BCUT2D eigenvalue weighted by atomic mass is 16.5. The molecule has 0 amide bonds. The predicted molar refractivity (Wildman–Crippen MR) is 45.7 cm³/mol. The van der Waals surface area contributed by atoms with Crippen LogP contribution in [0.3, 0.4) is 0 Å². The third kappa shape index (κ3) is 1.60. The van der Waals surface area contributed by atoms with E-state index >= 15 is 0 Å². The highest BCUT2D eigenvalue weighted by Gasteiger charge is 2.01. The second-order valence-electron chi connectivity index (χ2n) is 2.32. The van der Waals surface area contributed by atoms with E-state index in [0.29, 0.717) is 18.0 Å². The summed E-state index contributed by atoms with van der Waals surface area (Å²) >= 11 is 0. The SMILES string of the molecule is COc1ccc(CN)cc1N=N. The zero-order valence-electron chi connectivity index (χ0n) is 6.87. The molecular weight excluding hydrogens is 154 g/mol. The summed E-state index contributed by atoms with van der Waals surface area (Å²) in [5, 5.41) is 3.32. The van der Waals surface area contributed by atoms with Crippen LogP contribution in [0.4, 0.5) is 5.69 Å². The van der Waals surface area contributed by atoms with Crippen LogP contribution in [0.15, 0.2) is 23.3 Å². The van der Waals surface area contributed by atoms with E-state index in [1.54, 1.807) is 19.2 Å². The molecule has 0 spiro atoms. The van der Waals surface area contributed by atoms with E-state index in [-0.39, 0.29) is 0 Å². The van der Waals surface area contributed by atoms with Gasteiger partial charge in [0.25, 0.3) is 0 Å². The fraction of sp³-hybridized carbons (Fsp3) is 0.250. The molecule has 1 aromatic carbocycles. The molecule has 0 bridgehead atoms. The minimum Gasteiger partial charge on any atom is -0.494 e. The molecule has 0 aromatic heterocycles. The lowest BCUT2D eigenvalue weighted by Gasteiger charge is -2.04. The molecule has 0 aliphatic rings. The Kier molecular flexibility index (Phi) is 2.76. The van der Waals surface area contributed by atoms with Crippen molar-refractivity contribution in [3.05, 3.63) is 23.8 Å². The zero-order chi connectivity index (χ0) is 8.97. The van der Waals surface area contributed by atoms with Crippen LogP contribution in [0.5, 0.6) is 5.75 Å². The summed E-state index contributed by atoms with van der Waals surface area (Å²) in [4.78, 5) is 0. The molecule has 0 fully saturated rings. The average molecular weight is 165 g/mol. The number of ether oxygens (including phenoxy) is 1. The maximum Gasteiger partial charge on any atom is 0.146 e. The number of nitrogens with zero attached hydrogens (tertiary/aromatic N) is 1. The van der Waals surface area contributed by atoms with Crippen molar-refractivity contribution in [1.29, 1.82) is 5.53 Å². The Morgan fingerprint density at radius 3 is 2.83 bits per heavy atom. The summed E-state index contributed by atoms with van der Waals surface area (Å²) in [5.41, 5.74) is 13.7. The molecule has 12 heavy (non-hydrogen) atoms. The molecule has 0 aliphatic carbocycles. The largest absolute Gasteiger partial charge is 0.494 e. The van der Waals surface area contributed by atoms with E-state index < -0.39 is 0 Å². The average Bonchev–Trinajstić information content (AvgIpc) is 2.16. The van der Waals surface area contributed by atoms with Gasteiger partial charge in [0.1, 0.15) is 11.4 Å². The first-order valence-corrected chi connectivity index (χ1v) is 3.56. The molecule has 1 aromatic rings. The van der Waals surface area contributed by atoms with E-state index in [1.807, 2.05) is 6.07 Å². The van der Waals surface area contributed by atoms with Crippen LogP contribution in [0, 0.1) is 5.53 Å². The minimum atomic E-state index is 0.451. The Balaban J connectivity index is 3.10. The fourth-order valence-electron chi connectivity index (χ4n) is 0.950. The number of nitrogens with two attached hydrogens (primary N) is 1. The molecule has 0 unspecified atom stereocenters. The molecule has 0 saturated carbocycles. The van der Waals surface area contributed by atoms with Crippen molar-refractivity contribution < 1.29 is 4.74 Å². The van der Waals surface area contributed by atoms with Crippen molar-refractivity contribution in [2.75, 3.05) is 7.11 Å². The lowest BCUT2D eigenvalue weighted by Crippen LogP contribution is -1.95. The Morgan fingerprint density at radius 2 is 2.33 bits per heavy atom. The van der Waals surface area contributed by atoms with Crippen molar-refractivity contribution in [1.82, 2.24) is 0 Å². The number of nitrogens with one attached hydrogen (secondary N) is 1. The topological polar surface area (TPSA) is 71.5 Å². The first-order valence-electron chi connectivity index (χ1n) is 3.56. The molecule has 0 heterocycles. The first kappa shape index (κ1) is 8.67. The van der Waals surface area contributed by atoms with E-state index in [1.165, 1.54) is 0 Å². The van der Waals surface area contributed by atoms with Gasteiger partial charge in [-0.15, -0.1) is 0 Å². The van der Waals surface area contributed by atoms with E-state index in [4.69, 9.17) is 16.0 Å². The van der Waals surface area contributed by atoms with Crippen LogP contribution in [-0.2, 0) is 6.54 Å². The van der Waals surface area contributed by atoms with Gasteiger partial charge in [-0.25, -0.2) is 5.53 Å². The molecule has 4 nitrogen and oxygen atoms in total. The van der Waals surface area contributed by atoms with Gasteiger partial charge in [0.2, 0.25) is 0 Å². The van der Waals surface area contributed by atoms with Crippen LogP contribution in [0.2, 0.25) is 0 Å². The smallest absolute Gasteiger partial charge is 0.146 e. The molecule has 1 rings (SSSR count). The molecule has 3 N–H and O–H groups in total. The number of benzene rings is 1. The van der Waals surface area contributed by atoms with Gasteiger partial charge in [-0.3, -0.25) is 0 Å². The van der Waals surface area contributed by atoms with Crippen LogP contribution < -0.4 is 10.5 Å². The lowest BCUT2D eigenvalue weighted by molar-refractivity contribution is 0.415. The second-order valence-corrected chi connectivity index (χ2v) is 2.32. The molecule has 64 valence electrons. The van der Waals surface area contributed by atoms with Crippen molar-refractivity contribution in [2.45, 2.75) is 6.54 Å². The van der Waals surface area contributed by atoms with Crippen LogP contribution >= 0.6 is 0 Å². The second kappa shape index (κ2) is 3.82. The minimum absolute atomic E-state index is 0.451. The number of methoxy groups -OCH3 is 1. The maximum atomic E-state index is 6.86. The van der Waals surface area contributed by atoms with Gasteiger partial charge < -0.3 is 10.5 Å². The Morgan fingerprint density at radius 1 is 1.58 bits per heavy atom. The van der Waals surface area contributed by atoms with Gasteiger partial charge in [-0.05, 0) is 17.7 Å². The number of hydrogen-bond donors (Lipinski definition) is 2. The van der Waals surface area contributed by atoms with Gasteiger partial charge >= 0.3 is 0 Å². The van der Waals surface area contributed by atoms with Crippen LogP contribution in [-0.4, -0.2) is 7.11 Å². The predicted octanol–water partition coefficient (Wildman–Crippen LogP) is 1.82. The van der Waals surface area contributed by atoms with Gasteiger partial charge in [0, 0.05) is 6.54 Å². The van der Waals surface area contributed by atoms with E-state index in [9.17, 15) is 0 Å². The quantitative estimate of drug-likeness (QED) is 0.670. The molecular formula is C8H11N3O. The first-order chi connectivity index (χ1) is 5.81. The molecule has 0 radical (unpaired) electrons. The van der Waals surface area contributed by atoms with Gasteiger partial charge in [0.05, 0.1) is 7.11 Å². The number of hydrogen-bond acceptors (Lipinski definition) is 4. The third-order valence-corrected chi connectivity index (χ3v) is 1.60. The monoisotopic (exact) mass is 165 g/mol. The van der Waals surface area contributed by atoms with Crippen LogP contribution in [0.1, 0.15) is 5.56 Å². The molecule has 0 aliphatic heterocycles. The highest BCUT2D eigenvalue weighted by molar-refractivity contribution is 5.52. The van der Waals surface area contributed by atoms with Gasteiger partial charge in [0.15, 0.2) is 0 Å². The molecule has 0 saturated heterocycles. The van der Waals surface area contributed by atoms with E-state index in [2.05, 4.69) is 5.11 Å². The van der Waals surface area contributed by atoms with Gasteiger partial charge in [-0.1, -0.05) is 6.07 Å². The van der Waals surface area contributed by atoms with Crippen molar-refractivity contribution in [2.24, 2.45) is 10.8 Å².